The van der Waals surface area contributed by atoms with E-state index in [1.54, 1.807) is 18.2 Å². The molecular formula is C24H35Cl2N5O4S. The third-order valence-corrected chi connectivity index (χ3v) is 8.21. The predicted molar refractivity (Wildman–Crippen MR) is 147 cm³/mol. The molecular weight excluding hydrogens is 525 g/mol. The number of ether oxygens (including phenoxy) is 1. The number of hydrogen-bond donors (Lipinski definition) is 1. The molecule has 1 aliphatic rings. The molecule has 9 nitrogen and oxygen atoms in total. The first kappa shape index (κ1) is 30.1. The van der Waals surface area contributed by atoms with Crippen molar-refractivity contribution in [3.63, 3.8) is 0 Å². The summed E-state index contributed by atoms with van der Waals surface area (Å²) < 4.78 is 36.4. The van der Waals surface area contributed by atoms with Crippen LogP contribution in [0.25, 0.3) is 22.4 Å². The van der Waals surface area contributed by atoms with Crippen molar-refractivity contribution >= 4 is 45.9 Å². The second-order valence-electron chi connectivity index (χ2n) is 8.55. The Morgan fingerprint density at radius 1 is 1.08 bits per heavy atom. The molecule has 0 unspecified atom stereocenters. The molecule has 200 valence electrons. The smallest absolute Gasteiger partial charge is 0.260 e. The number of nitrogens with zero attached hydrogens (tertiary/aromatic N) is 4. The number of sulfonamides is 1. The summed E-state index contributed by atoms with van der Waals surface area (Å²) in [7, 11) is -3.79. The van der Waals surface area contributed by atoms with Gasteiger partial charge in [0.15, 0.2) is 0 Å². The average molecular weight is 561 g/mol. The lowest BCUT2D eigenvalue weighted by molar-refractivity contribution is 0.196. The molecule has 0 bridgehead atoms. The number of nitrogens with one attached hydrogen (secondary N) is 1. The fourth-order valence-electron chi connectivity index (χ4n) is 4.49. The van der Waals surface area contributed by atoms with E-state index in [1.807, 2.05) is 24.6 Å². The largest absolute Gasteiger partial charge is 0.492 e. The van der Waals surface area contributed by atoms with E-state index in [-0.39, 0.29) is 35.3 Å². The Bertz CT molecular complexity index is 1350. The molecule has 0 atom stereocenters. The molecule has 1 saturated heterocycles. The summed E-state index contributed by atoms with van der Waals surface area (Å²) in [5.74, 6) is 0.640. The van der Waals surface area contributed by atoms with E-state index >= 15 is 0 Å². The van der Waals surface area contributed by atoms with Crippen LogP contribution < -0.4 is 10.3 Å². The van der Waals surface area contributed by atoms with Crippen LogP contribution in [0, 0.1) is 6.92 Å². The molecule has 0 aliphatic carbocycles. The van der Waals surface area contributed by atoms with Gasteiger partial charge in [-0.05, 0) is 50.6 Å². The molecule has 1 fully saturated rings. The number of rotatable bonds is 8. The minimum Gasteiger partial charge on any atom is -0.492 e. The fourth-order valence-corrected chi connectivity index (χ4v) is 6.07. The molecule has 12 heteroatoms. The zero-order valence-electron chi connectivity index (χ0n) is 21.1. The predicted octanol–water partition coefficient (Wildman–Crippen LogP) is 3.68. The summed E-state index contributed by atoms with van der Waals surface area (Å²) in [6.45, 7) is 12.1. The number of piperazine rings is 1. The van der Waals surface area contributed by atoms with Crippen LogP contribution in [-0.2, 0) is 16.6 Å². The third-order valence-electron chi connectivity index (χ3n) is 6.29. The highest BCUT2D eigenvalue weighted by atomic mass is 35.5. The lowest BCUT2D eigenvalue weighted by Crippen LogP contribution is -2.48. The second-order valence-corrected chi connectivity index (χ2v) is 10.5. The Hall–Kier alpha value is -2.11. The van der Waals surface area contributed by atoms with Gasteiger partial charge in [0, 0.05) is 44.5 Å². The normalized spacial score (nSPS) is 14.9. The van der Waals surface area contributed by atoms with Gasteiger partial charge in [-0.2, -0.15) is 4.31 Å². The van der Waals surface area contributed by atoms with Crippen LogP contribution in [0.15, 0.2) is 34.1 Å². The highest BCUT2D eigenvalue weighted by Crippen LogP contribution is 2.32. The van der Waals surface area contributed by atoms with Crippen molar-refractivity contribution in [2.24, 2.45) is 0 Å². The minimum absolute atomic E-state index is 0. The summed E-state index contributed by atoms with van der Waals surface area (Å²) in [6, 6.07) is 4.95. The van der Waals surface area contributed by atoms with Crippen LogP contribution >= 0.6 is 24.8 Å². The number of halogens is 2. The van der Waals surface area contributed by atoms with Crippen LogP contribution in [0.2, 0.25) is 0 Å². The molecule has 1 aliphatic heterocycles. The first-order valence-electron chi connectivity index (χ1n) is 11.9. The van der Waals surface area contributed by atoms with Crippen LogP contribution in [-0.4, -0.2) is 71.5 Å². The molecule has 36 heavy (non-hydrogen) atoms. The highest BCUT2D eigenvalue weighted by molar-refractivity contribution is 7.89. The number of hydrogen-bond acceptors (Lipinski definition) is 6. The molecule has 1 N–H and O–H groups in total. The van der Waals surface area contributed by atoms with Crippen molar-refractivity contribution in [2.75, 3.05) is 39.3 Å². The van der Waals surface area contributed by atoms with Crippen LogP contribution in [0.5, 0.6) is 5.75 Å². The number of likely N-dealkylation sites (N-methyl/N-ethyl adjacent to an activating group) is 1. The van der Waals surface area contributed by atoms with Crippen LogP contribution in [0.3, 0.4) is 0 Å². The van der Waals surface area contributed by atoms with E-state index in [1.165, 1.54) is 4.31 Å². The number of aromatic amines is 1. The molecule has 1 aromatic carbocycles. The maximum atomic E-state index is 13.6. The number of aromatic nitrogens is 3. The topological polar surface area (TPSA) is 101 Å². The van der Waals surface area contributed by atoms with E-state index in [2.05, 4.69) is 23.7 Å². The molecule has 0 radical (unpaired) electrons. The summed E-state index contributed by atoms with van der Waals surface area (Å²) >= 11 is 0. The molecule has 3 aromatic rings. The number of benzene rings is 1. The Balaban J connectivity index is 0.00000228. The van der Waals surface area contributed by atoms with Gasteiger partial charge in [0.1, 0.15) is 22.1 Å². The maximum Gasteiger partial charge on any atom is 0.260 e. The first-order valence-corrected chi connectivity index (χ1v) is 13.3. The van der Waals surface area contributed by atoms with Gasteiger partial charge in [-0.15, -0.1) is 24.8 Å². The Morgan fingerprint density at radius 2 is 1.78 bits per heavy atom. The summed E-state index contributed by atoms with van der Waals surface area (Å²) in [4.78, 5) is 22.8. The molecule has 0 amide bonds. The van der Waals surface area contributed by atoms with Crippen molar-refractivity contribution in [2.45, 2.75) is 45.6 Å². The molecule has 4 rings (SSSR count). The highest BCUT2D eigenvalue weighted by Gasteiger charge is 2.31. The van der Waals surface area contributed by atoms with Crippen molar-refractivity contribution in [1.82, 2.24) is 23.7 Å². The average Bonchev–Trinajstić information content (AvgIpc) is 3.15. The van der Waals surface area contributed by atoms with Crippen molar-refractivity contribution in [3.8, 4) is 17.1 Å². The van der Waals surface area contributed by atoms with Crippen molar-refractivity contribution in [1.29, 1.82) is 0 Å². The fraction of sp³-hybridized carbons (Fsp3) is 0.500. The number of aryl methyl sites for hydroxylation is 2. The van der Waals surface area contributed by atoms with Crippen molar-refractivity contribution in [3.05, 3.63) is 40.3 Å². The Morgan fingerprint density at radius 3 is 2.39 bits per heavy atom. The molecule has 0 saturated carbocycles. The lowest BCUT2D eigenvalue weighted by atomic mass is 10.2. The SMILES string of the molecule is CCCn1cc(C)c2c(=O)[nH]c(-c3ccc(OCC)c(S(=O)(=O)N4CCN(CC)CC4)c3)nc21.Cl.Cl. The standard InChI is InChI=1S/C24H33N5O4S.2ClH/c1-5-10-28-16-17(4)21-23(28)25-22(26-24(21)30)18-8-9-19(33-7-3)20(15-18)34(31,32)29-13-11-27(6-2)12-14-29;;/h8-9,15-16H,5-7,10-14H2,1-4H3,(H,25,26,30);2*1H. The minimum atomic E-state index is -3.79. The van der Waals surface area contributed by atoms with Gasteiger partial charge in [-0.3, -0.25) is 4.79 Å². The third kappa shape index (κ3) is 5.73. The Kier molecular flexibility index (Phi) is 10.4. The van der Waals surface area contributed by atoms with Gasteiger partial charge in [0.05, 0.1) is 12.0 Å². The van der Waals surface area contributed by atoms with Gasteiger partial charge in [0.25, 0.3) is 5.56 Å². The van der Waals surface area contributed by atoms with Crippen LogP contribution in [0.1, 0.15) is 32.8 Å². The van der Waals surface area contributed by atoms with E-state index in [0.717, 1.165) is 25.1 Å². The van der Waals surface area contributed by atoms with E-state index in [0.29, 0.717) is 61.0 Å². The van der Waals surface area contributed by atoms with Gasteiger partial charge < -0.3 is 19.2 Å². The van der Waals surface area contributed by atoms with Crippen LogP contribution in [0.4, 0.5) is 0 Å². The van der Waals surface area contributed by atoms with E-state index in [4.69, 9.17) is 9.72 Å². The lowest BCUT2D eigenvalue weighted by Gasteiger charge is -2.33. The van der Waals surface area contributed by atoms with Gasteiger partial charge in [0.2, 0.25) is 10.0 Å². The van der Waals surface area contributed by atoms with Gasteiger partial charge >= 0.3 is 0 Å². The second kappa shape index (κ2) is 12.4. The summed E-state index contributed by atoms with van der Waals surface area (Å²) in [5, 5.41) is 0.560. The first-order chi connectivity index (χ1) is 16.3. The zero-order chi connectivity index (χ0) is 24.5. The van der Waals surface area contributed by atoms with Gasteiger partial charge in [-0.1, -0.05) is 13.8 Å². The summed E-state index contributed by atoms with van der Waals surface area (Å²) in [5.41, 5.74) is 1.76. The Labute approximate surface area is 224 Å². The van der Waals surface area contributed by atoms with Gasteiger partial charge in [-0.25, -0.2) is 13.4 Å². The molecule has 0 spiro atoms. The number of H-pyrrole nitrogens is 1. The molecule has 3 heterocycles. The summed E-state index contributed by atoms with van der Waals surface area (Å²) in [6.07, 6.45) is 2.84. The van der Waals surface area contributed by atoms with Crippen molar-refractivity contribution < 1.29 is 13.2 Å². The number of fused-ring (bicyclic) bond motifs is 1. The van der Waals surface area contributed by atoms with E-state index in [9.17, 15) is 13.2 Å². The zero-order valence-corrected chi connectivity index (χ0v) is 23.6. The maximum absolute atomic E-state index is 13.6. The quantitative estimate of drug-likeness (QED) is 0.451. The van der Waals surface area contributed by atoms with E-state index < -0.39 is 10.0 Å². The molecule has 2 aromatic heterocycles. The monoisotopic (exact) mass is 559 g/mol.